The fraction of sp³-hybridized carbons (Fsp3) is 0.556. The first-order valence-corrected chi connectivity index (χ1v) is 8.91. The van der Waals surface area contributed by atoms with Crippen molar-refractivity contribution < 1.29 is 4.79 Å². The summed E-state index contributed by atoms with van der Waals surface area (Å²) in [6.45, 7) is 6.42. The molecule has 0 aromatic heterocycles. The fourth-order valence-electron chi connectivity index (χ4n) is 2.70. The molecule has 1 heterocycles. The number of carbonyl (C=O) groups is 1. The Bertz CT molecular complexity index is 525. The molecular weight excluding hydrogens is 278 g/mol. The van der Waals surface area contributed by atoms with Gasteiger partial charge >= 0.3 is 0 Å². The van der Waals surface area contributed by atoms with E-state index >= 15 is 0 Å². The van der Waals surface area contributed by atoms with Crippen LogP contribution in [-0.2, 0) is 4.79 Å². The van der Waals surface area contributed by atoms with Gasteiger partial charge in [0.25, 0.3) is 0 Å². The van der Waals surface area contributed by atoms with Crippen molar-refractivity contribution in [2.75, 3.05) is 5.75 Å². The first-order valence-electron chi connectivity index (χ1n) is 7.93. The van der Waals surface area contributed by atoms with Gasteiger partial charge in [-0.2, -0.15) is 0 Å². The van der Waals surface area contributed by atoms with E-state index < -0.39 is 0 Å². The van der Waals surface area contributed by atoms with Crippen LogP contribution in [-0.4, -0.2) is 23.3 Å². The van der Waals surface area contributed by atoms with Crippen LogP contribution >= 0.6 is 11.8 Å². The quantitative estimate of drug-likeness (QED) is 0.725. The Morgan fingerprint density at radius 1 is 1.29 bits per heavy atom. The van der Waals surface area contributed by atoms with Gasteiger partial charge in [0.15, 0.2) is 5.78 Å². The summed E-state index contributed by atoms with van der Waals surface area (Å²) in [6.07, 6.45) is 11.1. The average molecular weight is 303 g/mol. The summed E-state index contributed by atoms with van der Waals surface area (Å²) in [4.78, 5) is 17.8. The van der Waals surface area contributed by atoms with E-state index in [1.54, 1.807) is 6.08 Å². The van der Waals surface area contributed by atoms with Crippen LogP contribution in [0.1, 0.15) is 52.9 Å². The van der Waals surface area contributed by atoms with Gasteiger partial charge < -0.3 is 0 Å². The Morgan fingerprint density at radius 2 is 2.10 bits per heavy atom. The lowest BCUT2D eigenvalue weighted by Gasteiger charge is -2.20. The van der Waals surface area contributed by atoms with E-state index in [1.165, 1.54) is 16.2 Å². The molecule has 0 aromatic rings. The highest BCUT2D eigenvalue weighted by molar-refractivity contribution is 8.03. The van der Waals surface area contributed by atoms with Crippen molar-refractivity contribution in [3.63, 3.8) is 0 Å². The molecule has 3 heteroatoms. The number of dihydropyridines is 1. The second kappa shape index (κ2) is 7.79. The largest absolute Gasteiger partial charge is 0.295 e. The number of allylic oxidation sites excluding steroid dienone is 5. The maximum atomic E-state index is 11.6. The lowest BCUT2D eigenvalue weighted by atomic mass is 10.00. The maximum absolute atomic E-state index is 11.6. The number of thioether (sulfide) groups is 1. The summed E-state index contributed by atoms with van der Waals surface area (Å²) in [5.41, 5.74) is 3.74. The molecule has 0 spiro atoms. The number of rotatable bonds is 5. The minimum atomic E-state index is 0.245. The topological polar surface area (TPSA) is 29.4 Å². The predicted molar refractivity (Wildman–Crippen MR) is 93.0 cm³/mol. The first-order chi connectivity index (χ1) is 10.1. The minimum absolute atomic E-state index is 0.245. The molecule has 0 saturated carbocycles. The van der Waals surface area contributed by atoms with Gasteiger partial charge in [-0.05, 0) is 60.8 Å². The van der Waals surface area contributed by atoms with Gasteiger partial charge in [-0.1, -0.05) is 19.9 Å². The number of ketones is 1. The van der Waals surface area contributed by atoms with E-state index in [9.17, 15) is 4.79 Å². The van der Waals surface area contributed by atoms with Gasteiger partial charge in [0, 0.05) is 17.9 Å². The standard InChI is InChI=1S/C18H25NOS/c1-4-14-6-7-15(5-2)19-18(14)12-21-17-9-8-16(20)10-13(3)11-17/h6,10-11,15H,4-5,7-9,12H2,1-3H3. The van der Waals surface area contributed by atoms with Crippen LogP contribution in [0.5, 0.6) is 0 Å². The van der Waals surface area contributed by atoms with E-state index in [0.717, 1.165) is 37.0 Å². The Balaban J connectivity index is 2.01. The van der Waals surface area contributed by atoms with E-state index in [1.807, 2.05) is 18.7 Å². The normalized spacial score (nSPS) is 23.0. The molecular formula is C18H25NOS. The molecule has 114 valence electrons. The average Bonchev–Trinajstić information content (AvgIpc) is 2.65. The Kier molecular flexibility index (Phi) is 6.04. The maximum Gasteiger partial charge on any atom is 0.156 e. The van der Waals surface area contributed by atoms with Gasteiger partial charge in [-0.15, -0.1) is 11.8 Å². The van der Waals surface area contributed by atoms with Gasteiger partial charge in [0.1, 0.15) is 0 Å². The molecule has 0 amide bonds. The summed E-state index contributed by atoms with van der Waals surface area (Å²) in [6, 6.07) is 0.460. The summed E-state index contributed by atoms with van der Waals surface area (Å²) in [5, 5.41) is 0. The van der Waals surface area contributed by atoms with Crippen LogP contribution in [0.25, 0.3) is 0 Å². The molecule has 0 N–H and O–H groups in total. The van der Waals surface area contributed by atoms with Gasteiger partial charge in [-0.3, -0.25) is 9.79 Å². The monoisotopic (exact) mass is 303 g/mol. The van der Waals surface area contributed by atoms with E-state index in [-0.39, 0.29) is 5.78 Å². The van der Waals surface area contributed by atoms with Crippen molar-refractivity contribution >= 4 is 23.3 Å². The zero-order chi connectivity index (χ0) is 15.2. The lowest BCUT2D eigenvalue weighted by Crippen LogP contribution is -2.17. The number of nitrogens with zero attached hydrogens (tertiary/aromatic N) is 1. The number of carbonyl (C=O) groups excluding carboxylic acids is 1. The molecule has 0 fully saturated rings. The van der Waals surface area contributed by atoms with Gasteiger partial charge in [0.2, 0.25) is 0 Å². The highest BCUT2D eigenvalue weighted by Crippen LogP contribution is 2.28. The first kappa shape index (κ1) is 16.3. The zero-order valence-corrected chi connectivity index (χ0v) is 14.1. The van der Waals surface area contributed by atoms with E-state index in [0.29, 0.717) is 12.5 Å². The second-order valence-electron chi connectivity index (χ2n) is 5.71. The highest BCUT2D eigenvalue weighted by atomic mass is 32.2. The Hall–Kier alpha value is -1.09. The fourth-order valence-corrected chi connectivity index (χ4v) is 3.80. The third kappa shape index (κ3) is 4.70. The molecule has 0 bridgehead atoms. The zero-order valence-electron chi connectivity index (χ0n) is 13.3. The summed E-state index contributed by atoms with van der Waals surface area (Å²) >= 11 is 1.85. The van der Waals surface area contributed by atoms with Gasteiger partial charge in [0.05, 0.1) is 6.04 Å². The predicted octanol–water partition coefficient (Wildman–Crippen LogP) is 4.87. The van der Waals surface area contributed by atoms with Crippen molar-refractivity contribution in [1.82, 2.24) is 0 Å². The van der Waals surface area contributed by atoms with Crippen LogP contribution in [0.2, 0.25) is 0 Å². The molecule has 2 rings (SSSR count). The molecule has 0 radical (unpaired) electrons. The molecule has 1 atom stereocenters. The van der Waals surface area contributed by atoms with E-state index in [2.05, 4.69) is 26.0 Å². The van der Waals surface area contributed by atoms with E-state index in [4.69, 9.17) is 4.99 Å². The lowest BCUT2D eigenvalue weighted by molar-refractivity contribution is -0.114. The van der Waals surface area contributed by atoms with Crippen molar-refractivity contribution in [2.45, 2.75) is 58.9 Å². The van der Waals surface area contributed by atoms with Crippen molar-refractivity contribution in [3.8, 4) is 0 Å². The number of hydrogen-bond acceptors (Lipinski definition) is 3. The Labute approximate surface area is 132 Å². The summed E-state index contributed by atoms with van der Waals surface area (Å²) in [5.74, 6) is 1.18. The van der Waals surface area contributed by atoms with Gasteiger partial charge in [-0.25, -0.2) is 0 Å². The molecule has 1 aliphatic carbocycles. The highest BCUT2D eigenvalue weighted by Gasteiger charge is 2.16. The van der Waals surface area contributed by atoms with Crippen molar-refractivity contribution in [3.05, 3.63) is 34.3 Å². The molecule has 21 heavy (non-hydrogen) atoms. The third-order valence-electron chi connectivity index (χ3n) is 3.99. The smallest absolute Gasteiger partial charge is 0.156 e. The second-order valence-corrected chi connectivity index (χ2v) is 6.81. The van der Waals surface area contributed by atoms with Crippen LogP contribution in [0.3, 0.4) is 0 Å². The minimum Gasteiger partial charge on any atom is -0.295 e. The Morgan fingerprint density at radius 3 is 2.81 bits per heavy atom. The van der Waals surface area contributed by atoms with Crippen LogP contribution < -0.4 is 0 Å². The van der Waals surface area contributed by atoms with Crippen LogP contribution in [0.15, 0.2) is 39.3 Å². The molecule has 0 aromatic carbocycles. The molecule has 2 nitrogen and oxygen atoms in total. The van der Waals surface area contributed by atoms with Crippen LogP contribution in [0.4, 0.5) is 0 Å². The third-order valence-corrected chi connectivity index (χ3v) is 5.10. The molecule has 0 saturated heterocycles. The van der Waals surface area contributed by atoms with Crippen molar-refractivity contribution in [2.24, 2.45) is 4.99 Å². The van der Waals surface area contributed by atoms with Crippen LogP contribution in [0, 0.1) is 0 Å². The molecule has 2 aliphatic rings. The SMILES string of the molecule is CCC1=CCC(CC)N=C1CSC1=CC(C)=CC(=O)CC1. The summed E-state index contributed by atoms with van der Waals surface area (Å²) in [7, 11) is 0. The number of aliphatic imine (C=N–C) groups is 1. The summed E-state index contributed by atoms with van der Waals surface area (Å²) < 4.78 is 0. The molecule has 1 unspecified atom stereocenters. The van der Waals surface area contributed by atoms with Crippen molar-refractivity contribution in [1.29, 1.82) is 0 Å². The number of hydrogen-bond donors (Lipinski definition) is 0. The molecule has 1 aliphatic heterocycles.